The Balaban J connectivity index is 3.17. The molecule has 0 unspecified atom stereocenters. The molecule has 1 heterocycles. The van der Waals surface area contributed by atoms with Crippen LogP contribution in [0, 0.1) is 6.92 Å². The zero-order chi connectivity index (χ0) is 16.6. The predicted molar refractivity (Wildman–Crippen MR) is 67.0 cm³/mol. The third-order valence-electron chi connectivity index (χ3n) is 2.62. The summed E-state index contributed by atoms with van der Waals surface area (Å²) in [7, 11) is -4.11. The van der Waals surface area contributed by atoms with Gasteiger partial charge in [-0.1, -0.05) is 0 Å². The van der Waals surface area contributed by atoms with Crippen molar-refractivity contribution in [2.24, 2.45) is 5.14 Å². The number of amides is 1. The largest absolute Gasteiger partial charge is 0.455 e. The number of hydrogen-bond donors (Lipinski definition) is 1. The molecule has 1 rings (SSSR count). The number of nitrogens with zero attached hydrogens (tertiary/aromatic N) is 1. The Bertz CT molecular complexity index is 634. The first-order valence-electron chi connectivity index (χ1n) is 5.84. The van der Waals surface area contributed by atoms with Crippen LogP contribution in [0.2, 0.25) is 0 Å². The van der Waals surface area contributed by atoms with Crippen LogP contribution in [0.4, 0.5) is 13.2 Å². The van der Waals surface area contributed by atoms with E-state index < -0.39 is 45.3 Å². The van der Waals surface area contributed by atoms with Gasteiger partial charge in [-0.2, -0.15) is 13.2 Å². The minimum absolute atomic E-state index is 0.156. The van der Waals surface area contributed by atoms with Crippen molar-refractivity contribution in [2.75, 3.05) is 6.54 Å². The molecule has 6 nitrogen and oxygen atoms in total. The normalized spacial score (nSPS) is 12.8. The van der Waals surface area contributed by atoms with E-state index in [-0.39, 0.29) is 5.76 Å². The van der Waals surface area contributed by atoms with Gasteiger partial charge in [-0.05, 0) is 20.8 Å². The second kappa shape index (κ2) is 5.68. The van der Waals surface area contributed by atoms with Crippen molar-refractivity contribution in [3.05, 3.63) is 17.6 Å². The van der Waals surface area contributed by atoms with E-state index in [4.69, 9.17) is 9.56 Å². The zero-order valence-corrected chi connectivity index (χ0v) is 12.4. The number of nitrogens with two attached hydrogens (primary N) is 1. The highest BCUT2D eigenvalue weighted by atomic mass is 32.2. The van der Waals surface area contributed by atoms with Crippen molar-refractivity contribution >= 4 is 15.9 Å². The van der Waals surface area contributed by atoms with E-state index in [0.717, 1.165) is 6.07 Å². The lowest BCUT2D eigenvalue weighted by molar-refractivity contribution is -0.143. The second-order valence-electron chi connectivity index (χ2n) is 4.72. The molecule has 10 heteroatoms. The molecule has 0 bridgehead atoms. The van der Waals surface area contributed by atoms with E-state index >= 15 is 0 Å². The molecule has 1 aromatic rings. The first-order valence-corrected chi connectivity index (χ1v) is 7.38. The lowest BCUT2D eigenvalue weighted by Crippen LogP contribution is -2.43. The van der Waals surface area contributed by atoms with Crippen LogP contribution in [0.5, 0.6) is 0 Å². The molecule has 0 spiro atoms. The molecule has 0 aromatic carbocycles. The van der Waals surface area contributed by atoms with Crippen LogP contribution in [0.15, 0.2) is 15.4 Å². The van der Waals surface area contributed by atoms with Crippen LogP contribution in [0.25, 0.3) is 0 Å². The molecule has 0 saturated carbocycles. The Morgan fingerprint density at radius 1 is 1.43 bits per heavy atom. The van der Waals surface area contributed by atoms with Crippen molar-refractivity contribution in [2.45, 2.75) is 37.9 Å². The van der Waals surface area contributed by atoms with Gasteiger partial charge in [0.15, 0.2) is 5.76 Å². The standard InChI is InChI=1S/C11H15F3N2O4S/c1-6(2)16(5-11(12,13)14)10(17)8-4-9(7(3)20-8)21(15,18)19/h4,6H,5H2,1-3H3,(H2,15,18,19). The molecule has 0 radical (unpaired) electrons. The molecule has 0 aliphatic heterocycles. The highest BCUT2D eigenvalue weighted by Crippen LogP contribution is 2.23. The van der Waals surface area contributed by atoms with Crippen LogP contribution in [0.1, 0.15) is 30.2 Å². The summed E-state index contributed by atoms with van der Waals surface area (Å²) in [6, 6.07) is 0.0844. The first-order chi connectivity index (χ1) is 9.33. The molecule has 0 fully saturated rings. The van der Waals surface area contributed by atoms with Crippen molar-refractivity contribution in [3.8, 4) is 0 Å². The fourth-order valence-corrected chi connectivity index (χ4v) is 2.39. The quantitative estimate of drug-likeness (QED) is 0.909. The predicted octanol–water partition coefficient (Wildman–Crippen LogP) is 1.65. The number of furan rings is 1. The highest BCUT2D eigenvalue weighted by Gasteiger charge is 2.36. The Morgan fingerprint density at radius 3 is 2.29 bits per heavy atom. The monoisotopic (exact) mass is 328 g/mol. The summed E-state index contributed by atoms with van der Waals surface area (Å²) in [6.45, 7) is 2.59. The first kappa shape index (κ1) is 17.5. The number of aryl methyl sites for hydroxylation is 1. The molecular weight excluding hydrogens is 313 g/mol. The molecule has 1 amide bonds. The molecule has 21 heavy (non-hydrogen) atoms. The van der Waals surface area contributed by atoms with E-state index in [1.807, 2.05) is 0 Å². The van der Waals surface area contributed by atoms with Crippen molar-refractivity contribution < 1.29 is 30.8 Å². The van der Waals surface area contributed by atoms with Gasteiger partial charge in [-0.15, -0.1) is 0 Å². The van der Waals surface area contributed by atoms with Gasteiger partial charge in [-0.3, -0.25) is 4.79 Å². The molecule has 0 atom stereocenters. The summed E-state index contributed by atoms with van der Waals surface area (Å²) in [5.41, 5.74) is 0. The molecule has 0 saturated heterocycles. The highest BCUT2D eigenvalue weighted by molar-refractivity contribution is 7.89. The van der Waals surface area contributed by atoms with Crippen LogP contribution < -0.4 is 5.14 Å². The summed E-state index contributed by atoms with van der Waals surface area (Å²) in [4.78, 5) is 12.2. The number of halogens is 3. The van der Waals surface area contributed by atoms with Crippen molar-refractivity contribution in [1.82, 2.24) is 4.90 Å². The molecule has 0 aliphatic rings. The van der Waals surface area contributed by atoms with E-state index in [1.165, 1.54) is 20.8 Å². The van der Waals surface area contributed by atoms with E-state index in [1.54, 1.807) is 0 Å². The number of alkyl halides is 3. The third kappa shape index (κ3) is 4.46. The molecule has 2 N–H and O–H groups in total. The fourth-order valence-electron chi connectivity index (χ4n) is 1.68. The third-order valence-corrected chi connectivity index (χ3v) is 3.64. The van der Waals surface area contributed by atoms with Gasteiger partial charge in [0.2, 0.25) is 10.0 Å². The Kier molecular flexibility index (Phi) is 4.73. The number of carbonyl (C=O) groups excluding carboxylic acids is 1. The number of carbonyl (C=O) groups is 1. The number of rotatable bonds is 4. The summed E-state index contributed by atoms with van der Waals surface area (Å²) in [6.07, 6.45) is -4.58. The van der Waals surface area contributed by atoms with Crippen LogP contribution in [-0.4, -0.2) is 38.0 Å². The molecule has 120 valence electrons. The van der Waals surface area contributed by atoms with Crippen LogP contribution in [0.3, 0.4) is 0 Å². The minimum Gasteiger partial charge on any atom is -0.455 e. The van der Waals surface area contributed by atoms with Gasteiger partial charge in [0.1, 0.15) is 17.2 Å². The molecule has 1 aromatic heterocycles. The number of primary sulfonamides is 1. The zero-order valence-electron chi connectivity index (χ0n) is 11.6. The van der Waals surface area contributed by atoms with Gasteiger partial charge < -0.3 is 9.32 Å². The van der Waals surface area contributed by atoms with Gasteiger partial charge in [0, 0.05) is 12.1 Å². The van der Waals surface area contributed by atoms with Crippen LogP contribution in [-0.2, 0) is 10.0 Å². The maximum absolute atomic E-state index is 12.5. The van der Waals surface area contributed by atoms with E-state index in [2.05, 4.69) is 0 Å². The maximum Gasteiger partial charge on any atom is 0.406 e. The van der Waals surface area contributed by atoms with Gasteiger partial charge >= 0.3 is 6.18 Å². The van der Waals surface area contributed by atoms with Crippen LogP contribution >= 0.6 is 0 Å². The lowest BCUT2D eigenvalue weighted by Gasteiger charge is -2.26. The summed E-state index contributed by atoms with van der Waals surface area (Å²) in [5, 5.41) is 4.92. The SMILES string of the molecule is Cc1oc(C(=O)N(CC(F)(F)F)C(C)C)cc1S(N)(=O)=O. The number of sulfonamides is 1. The lowest BCUT2D eigenvalue weighted by atomic mass is 10.2. The Hall–Kier alpha value is -1.55. The minimum atomic E-state index is -4.58. The Labute approximate surface area is 119 Å². The Morgan fingerprint density at radius 2 is 1.95 bits per heavy atom. The van der Waals surface area contributed by atoms with Gasteiger partial charge in [-0.25, -0.2) is 13.6 Å². The van der Waals surface area contributed by atoms with E-state index in [0.29, 0.717) is 4.90 Å². The summed E-state index contributed by atoms with van der Waals surface area (Å²) < 4.78 is 64.8. The molecular formula is C11H15F3N2O4S. The smallest absolute Gasteiger partial charge is 0.406 e. The summed E-state index contributed by atoms with van der Waals surface area (Å²) >= 11 is 0. The van der Waals surface area contributed by atoms with Gasteiger partial charge in [0.05, 0.1) is 0 Å². The topological polar surface area (TPSA) is 93.6 Å². The fraction of sp³-hybridized carbons (Fsp3) is 0.545. The number of hydrogen-bond acceptors (Lipinski definition) is 4. The summed E-state index contributed by atoms with van der Waals surface area (Å²) in [5.74, 6) is -1.72. The average Bonchev–Trinajstić information content (AvgIpc) is 2.65. The van der Waals surface area contributed by atoms with Crippen molar-refractivity contribution in [3.63, 3.8) is 0 Å². The van der Waals surface area contributed by atoms with E-state index in [9.17, 15) is 26.4 Å². The second-order valence-corrected chi connectivity index (χ2v) is 6.25. The average molecular weight is 328 g/mol. The molecule has 0 aliphatic carbocycles. The van der Waals surface area contributed by atoms with Crippen molar-refractivity contribution in [1.29, 1.82) is 0 Å². The van der Waals surface area contributed by atoms with Gasteiger partial charge in [0.25, 0.3) is 5.91 Å². The maximum atomic E-state index is 12.5.